The summed E-state index contributed by atoms with van der Waals surface area (Å²) in [4.78, 5) is 0.0211. The Bertz CT molecular complexity index is 614. The third kappa shape index (κ3) is 3.53. The first kappa shape index (κ1) is 17.0. The molecular weight excluding hydrogens is 315 g/mol. The molecule has 1 aromatic rings. The molecular formula is C12H13ClF3NO2S. The third-order valence-corrected chi connectivity index (χ3v) is 4.13. The lowest BCUT2D eigenvalue weighted by molar-refractivity contribution is -0.137. The van der Waals surface area contributed by atoms with Gasteiger partial charge in [0.15, 0.2) is 0 Å². The number of alkyl halides is 3. The van der Waals surface area contributed by atoms with Gasteiger partial charge in [-0.05, 0) is 30.5 Å². The molecule has 0 saturated heterocycles. The fourth-order valence-electron chi connectivity index (χ4n) is 2.19. The van der Waals surface area contributed by atoms with Crippen LogP contribution < -0.4 is 5.73 Å². The Morgan fingerprint density at radius 3 is 2.30 bits per heavy atom. The van der Waals surface area contributed by atoms with Crippen molar-refractivity contribution in [2.24, 2.45) is 11.7 Å². The van der Waals surface area contributed by atoms with Crippen LogP contribution >= 0.6 is 12.4 Å². The van der Waals surface area contributed by atoms with Crippen LogP contribution in [0.5, 0.6) is 0 Å². The normalized spacial score (nSPS) is 21.6. The van der Waals surface area contributed by atoms with Crippen LogP contribution in [0.25, 0.3) is 0 Å². The molecule has 0 atom stereocenters. The maximum Gasteiger partial charge on any atom is 0.416 e. The van der Waals surface area contributed by atoms with Gasteiger partial charge in [-0.3, -0.25) is 0 Å². The lowest BCUT2D eigenvalue weighted by Gasteiger charge is -2.32. The molecule has 0 amide bonds. The zero-order chi connectivity index (χ0) is 14.2. The summed E-state index contributed by atoms with van der Waals surface area (Å²) in [5, 5.41) is 0. The van der Waals surface area contributed by atoms with Gasteiger partial charge in [0.25, 0.3) is 0 Å². The SMILES string of the molecule is Cl.NC1CC(C(c2cccc(C(F)(F)F)c2)=S(=O)=O)C1. The van der Waals surface area contributed by atoms with Gasteiger partial charge in [-0.15, -0.1) is 12.4 Å². The van der Waals surface area contributed by atoms with Crippen LogP contribution in [0.15, 0.2) is 24.3 Å². The number of hydrogen-bond donors (Lipinski definition) is 1. The third-order valence-electron chi connectivity index (χ3n) is 3.20. The summed E-state index contributed by atoms with van der Waals surface area (Å²) in [6.45, 7) is 0. The van der Waals surface area contributed by atoms with Gasteiger partial charge in [0.2, 0.25) is 10.3 Å². The largest absolute Gasteiger partial charge is 0.416 e. The molecule has 0 aromatic heterocycles. The van der Waals surface area contributed by atoms with Gasteiger partial charge in [-0.2, -0.15) is 21.6 Å². The zero-order valence-corrected chi connectivity index (χ0v) is 11.9. The van der Waals surface area contributed by atoms with Gasteiger partial charge in [-0.25, -0.2) is 0 Å². The minimum atomic E-state index is -4.48. The van der Waals surface area contributed by atoms with Crippen molar-refractivity contribution in [3.05, 3.63) is 35.4 Å². The summed E-state index contributed by atoms with van der Waals surface area (Å²) in [6.07, 6.45) is -3.51. The molecule has 1 aromatic carbocycles. The van der Waals surface area contributed by atoms with E-state index in [1.54, 1.807) is 0 Å². The predicted molar refractivity (Wildman–Crippen MR) is 72.4 cm³/mol. The van der Waals surface area contributed by atoms with Crippen molar-refractivity contribution < 1.29 is 21.6 Å². The molecule has 0 aliphatic heterocycles. The molecule has 2 rings (SSSR count). The quantitative estimate of drug-likeness (QED) is 0.669. The molecule has 2 N–H and O–H groups in total. The maximum absolute atomic E-state index is 12.6. The highest BCUT2D eigenvalue weighted by atomic mass is 35.5. The van der Waals surface area contributed by atoms with Crippen molar-refractivity contribution in [1.82, 2.24) is 0 Å². The average Bonchev–Trinajstić information content (AvgIpc) is 2.26. The van der Waals surface area contributed by atoms with E-state index in [0.717, 1.165) is 12.1 Å². The van der Waals surface area contributed by atoms with E-state index in [4.69, 9.17) is 5.73 Å². The van der Waals surface area contributed by atoms with Gasteiger partial charge < -0.3 is 5.73 Å². The molecule has 1 aliphatic carbocycles. The second-order valence-corrected chi connectivity index (χ2v) is 5.52. The molecule has 3 nitrogen and oxygen atoms in total. The first-order chi connectivity index (χ1) is 8.79. The minimum absolute atomic E-state index is 0. The molecule has 1 aliphatic rings. The van der Waals surface area contributed by atoms with Gasteiger partial charge in [0.05, 0.1) is 10.4 Å². The van der Waals surface area contributed by atoms with Crippen LogP contribution in [0.4, 0.5) is 13.2 Å². The van der Waals surface area contributed by atoms with Gasteiger partial charge >= 0.3 is 6.18 Å². The molecule has 8 heteroatoms. The molecule has 112 valence electrons. The van der Waals surface area contributed by atoms with E-state index in [2.05, 4.69) is 0 Å². The van der Waals surface area contributed by atoms with Crippen LogP contribution in [0, 0.1) is 5.92 Å². The Balaban J connectivity index is 0.00000200. The highest BCUT2D eigenvalue weighted by Crippen LogP contribution is 2.33. The number of halogens is 4. The lowest BCUT2D eigenvalue weighted by Crippen LogP contribution is -2.41. The van der Waals surface area contributed by atoms with Crippen LogP contribution in [-0.2, 0) is 16.5 Å². The molecule has 0 unspecified atom stereocenters. The van der Waals surface area contributed by atoms with Crippen LogP contribution in [-0.4, -0.2) is 19.3 Å². The molecule has 20 heavy (non-hydrogen) atoms. The summed E-state index contributed by atoms with van der Waals surface area (Å²) in [5.74, 6) is -0.281. The maximum atomic E-state index is 12.6. The van der Waals surface area contributed by atoms with E-state index in [9.17, 15) is 21.6 Å². The number of nitrogens with two attached hydrogens (primary N) is 1. The van der Waals surface area contributed by atoms with Crippen molar-refractivity contribution in [3.63, 3.8) is 0 Å². The van der Waals surface area contributed by atoms with Crippen LogP contribution in [0.1, 0.15) is 24.0 Å². The highest BCUT2D eigenvalue weighted by molar-refractivity contribution is 7.73. The minimum Gasteiger partial charge on any atom is -0.328 e. The number of hydrogen-bond acceptors (Lipinski definition) is 3. The average molecular weight is 328 g/mol. The Labute approximate surface area is 121 Å². The summed E-state index contributed by atoms with van der Waals surface area (Å²) >= 11 is 0. The number of rotatable bonds is 2. The first-order valence-corrected chi connectivity index (χ1v) is 6.76. The van der Waals surface area contributed by atoms with E-state index in [0.29, 0.717) is 12.8 Å². The van der Waals surface area contributed by atoms with Crippen LogP contribution in [0.3, 0.4) is 0 Å². The monoisotopic (exact) mass is 327 g/mol. The Hall–Kier alpha value is -1.05. The smallest absolute Gasteiger partial charge is 0.328 e. The fourth-order valence-corrected chi connectivity index (χ4v) is 2.98. The van der Waals surface area contributed by atoms with Crippen molar-refractivity contribution in [3.8, 4) is 0 Å². The van der Waals surface area contributed by atoms with E-state index >= 15 is 0 Å². The van der Waals surface area contributed by atoms with E-state index in [1.165, 1.54) is 12.1 Å². The van der Waals surface area contributed by atoms with E-state index in [-0.39, 0.29) is 34.8 Å². The summed E-state index contributed by atoms with van der Waals surface area (Å²) < 4.78 is 60.3. The predicted octanol–water partition coefficient (Wildman–Crippen LogP) is 2.26. The first-order valence-electron chi connectivity index (χ1n) is 5.68. The Kier molecular flexibility index (Phi) is 5.23. The standard InChI is InChI=1S/C12H12F3NO2S.ClH/c13-12(14,15)9-3-1-2-7(4-9)11(19(17)18)8-5-10(16)6-8;/h1-4,8,10H,5-6,16H2;1H. The van der Waals surface area contributed by atoms with Crippen molar-refractivity contribution in [2.45, 2.75) is 25.1 Å². The molecule has 1 saturated carbocycles. The summed E-state index contributed by atoms with van der Waals surface area (Å²) in [5.41, 5.74) is 4.84. The number of benzene rings is 1. The Morgan fingerprint density at radius 2 is 1.85 bits per heavy atom. The van der Waals surface area contributed by atoms with Gasteiger partial charge in [0.1, 0.15) is 0 Å². The molecule has 0 spiro atoms. The van der Waals surface area contributed by atoms with Crippen molar-refractivity contribution >= 4 is 27.6 Å². The van der Waals surface area contributed by atoms with Crippen LogP contribution in [0.2, 0.25) is 0 Å². The molecule has 0 radical (unpaired) electrons. The highest BCUT2D eigenvalue weighted by Gasteiger charge is 2.34. The van der Waals surface area contributed by atoms with Gasteiger partial charge in [0, 0.05) is 12.0 Å². The fraction of sp³-hybridized carbons (Fsp3) is 0.417. The summed E-state index contributed by atoms with van der Waals surface area (Å²) in [7, 11) is -2.54. The van der Waals surface area contributed by atoms with Crippen molar-refractivity contribution in [1.29, 1.82) is 0 Å². The molecule has 0 heterocycles. The van der Waals surface area contributed by atoms with E-state index < -0.39 is 22.0 Å². The molecule has 0 bridgehead atoms. The van der Waals surface area contributed by atoms with Gasteiger partial charge in [-0.1, -0.05) is 12.1 Å². The second kappa shape index (κ2) is 6.15. The van der Waals surface area contributed by atoms with E-state index in [1.807, 2.05) is 0 Å². The Morgan fingerprint density at radius 1 is 1.25 bits per heavy atom. The topological polar surface area (TPSA) is 60.2 Å². The lowest BCUT2D eigenvalue weighted by atomic mass is 9.77. The van der Waals surface area contributed by atoms with Crippen molar-refractivity contribution in [2.75, 3.05) is 0 Å². The zero-order valence-electron chi connectivity index (χ0n) is 10.2. The molecule has 1 fully saturated rings. The second-order valence-electron chi connectivity index (χ2n) is 4.61. The summed E-state index contributed by atoms with van der Waals surface area (Å²) in [6, 6.07) is 4.30.